The lowest BCUT2D eigenvalue weighted by molar-refractivity contribution is -0.123. The molecule has 2 amide bonds. The Morgan fingerprint density at radius 1 is 1.23 bits per heavy atom. The number of aliphatic imine (C=N–C) groups is 1. The van der Waals surface area contributed by atoms with E-state index in [0.717, 1.165) is 38.0 Å². The van der Waals surface area contributed by atoms with Gasteiger partial charge in [-0.15, -0.1) is 24.0 Å². The van der Waals surface area contributed by atoms with Crippen LogP contribution in [0.2, 0.25) is 0 Å². The summed E-state index contributed by atoms with van der Waals surface area (Å²) >= 11 is 0. The molecular weight excluding hydrogens is 507 g/mol. The molecule has 174 valence electrons. The molecule has 1 saturated heterocycles. The Hall–Kier alpha value is -1.88. The van der Waals surface area contributed by atoms with E-state index in [4.69, 9.17) is 5.73 Å². The Morgan fingerprint density at radius 2 is 1.94 bits per heavy atom. The van der Waals surface area contributed by atoms with E-state index >= 15 is 0 Å². The summed E-state index contributed by atoms with van der Waals surface area (Å²) in [5.74, 6) is 0.245. The number of nitrogens with zero attached hydrogens (tertiary/aromatic N) is 2. The number of carbonyl (C=O) groups excluding carboxylic acids is 2. The maximum absolute atomic E-state index is 12.0. The number of benzene rings is 1. The highest BCUT2D eigenvalue weighted by atomic mass is 127. The number of nitrogens with two attached hydrogens (primary N) is 1. The summed E-state index contributed by atoms with van der Waals surface area (Å²) in [6, 6.07) is 8.34. The van der Waals surface area contributed by atoms with Gasteiger partial charge in [-0.25, -0.2) is 0 Å². The van der Waals surface area contributed by atoms with E-state index in [1.807, 2.05) is 26.8 Å². The predicted octanol–water partition coefficient (Wildman–Crippen LogP) is 1.58. The van der Waals surface area contributed by atoms with E-state index in [9.17, 15) is 9.59 Å². The van der Waals surface area contributed by atoms with Crippen LogP contribution in [0, 0.1) is 5.92 Å². The van der Waals surface area contributed by atoms with Gasteiger partial charge < -0.3 is 21.7 Å². The smallest absolute Gasteiger partial charge is 0.239 e. The van der Waals surface area contributed by atoms with Crippen molar-refractivity contribution >= 4 is 41.8 Å². The number of hydrogen-bond acceptors (Lipinski definition) is 4. The molecule has 0 spiro atoms. The van der Waals surface area contributed by atoms with Gasteiger partial charge in [0.15, 0.2) is 5.96 Å². The number of hydrogen-bond donors (Lipinski definition) is 4. The van der Waals surface area contributed by atoms with Crippen molar-refractivity contribution in [2.45, 2.75) is 52.2 Å². The number of guanidine groups is 1. The van der Waals surface area contributed by atoms with Crippen LogP contribution in [0.4, 0.5) is 0 Å². The number of piperidine rings is 1. The van der Waals surface area contributed by atoms with E-state index in [-0.39, 0.29) is 53.8 Å². The number of rotatable bonds is 7. The molecule has 1 aromatic rings. The third-order valence-corrected chi connectivity index (χ3v) is 4.92. The Labute approximate surface area is 202 Å². The van der Waals surface area contributed by atoms with Crippen molar-refractivity contribution in [1.82, 2.24) is 20.9 Å². The SMILES string of the molecule is CN=C(NCC(=O)NC(C)(C)C)NCc1cccc(CN2CCCC(C(N)=O)C2)c1.I. The minimum atomic E-state index is -0.262. The molecular formula is C22H37IN6O2. The van der Waals surface area contributed by atoms with E-state index in [1.54, 1.807) is 7.05 Å². The molecule has 1 unspecified atom stereocenters. The number of amides is 2. The second kappa shape index (κ2) is 12.8. The summed E-state index contributed by atoms with van der Waals surface area (Å²) in [6.07, 6.45) is 1.88. The van der Waals surface area contributed by atoms with Crippen molar-refractivity contribution in [3.05, 3.63) is 35.4 Å². The zero-order valence-electron chi connectivity index (χ0n) is 19.0. The lowest BCUT2D eigenvalue weighted by atomic mass is 9.97. The summed E-state index contributed by atoms with van der Waals surface area (Å²) in [7, 11) is 1.68. The summed E-state index contributed by atoms with van der Waals surface area (Å²) in [5.41, 5.74) is 7.55. The largest absolute Gasteiger partial charge is 0.369 e. The van der Waals surface area contributed by atoms with Gasteiger partial charge >= 0.3 is 0 Å². The summed E-state index contributed by atoms with van der Waals surface area (Å²) in [4.78, 5) is 29.9. The minimum absolute atomic E-state index is 0. The van der Waals surface area contributed by atoms with Gasteiger partial charge in [0.05, 0.1) is 12.5 Å². The van der Waals surface area contributed by atoms with Gasteiger partial charge in [-0.3, -0.25) is 19.5 Å². The van der Waals surface area contributed by atoms with Crippen LogP contribution in [0.5, 0.6) is 0 Å². The van der Waals surface area contributed by atoms with E-state index in [1.165, 1.54) is 5.56 Å². The normalized spacial score (nSPS) is 17.4. The third-order valence-electron chi connectivity index (χ3n) is 4.92. The first kappa shape index (κ1) is 27.2. The van der Waals surface area contributed by atoms with E-state index in [2.05, 4.69) is 44.0 Å². The molecule has 8 nitrogen and oxygen atoms in total. The molecule has 0 radical (unpaired) electrons. The molecule has 31 heavy (non-hydrogen) atoms. The average molecular weight is 544 g/mol. The fourth-order valence-electron chi connectivity index (χ4n) is 3.56. The molecule has 1 aromatic carbocycles. The molecule has 2 rings (SSSR count). The van der Waals surface area contributed by atoms with Crippen LogP contribution in [-0.2, 0) is 22.7 Å². The summed E-state index contributed by atoms with van der Waals surface area (Å²) in [6.45, 7) is 9.11. The van der Waals surface area contributed by atoms with Gasteiger partial charge in [0.25, 0.3) is 0 Å². The van der Waals surface area contributed by atoms with Crippen molar-refractivity contribution < 1.29 is 9.59 Å². The number of primary amides is 1. The van der Waals surface area contributed by atoms with Crippen molar-refractivity contribution in [3.63, 3.8) is 0 Å². The molecule has 5 N–H and O–H groups in total. The molecule has 1 atom stereocenters. The molecule has 0 aliphatic carbocycles. The van der Waals surface area contributed by atoms with Gasteiger partial charge in [0, 0.05) is 32.2 Å². The maximum atomic E-state index is 12.0. The molecule has 0 bridgehead atoms. The first-order valence-electron chi connectivity index (χ1n) is 10.5. The van der Waals surface area contributed by atoms with Crippen LogP contribution in [0.3, 0.4) is 0 Å². The minimum Gasteiger partial charge on any atom is -0.369 e. The fourth-order valence-corrected chi connectivity index (χ4v) is 3.56. The standard InChI is InChI=1S/C22H36N6O2.HI/c1-22(2,3)27-19(29)13-26-21(24-4)25-12-16-7-5-8-17(11-16)14-28-10-6-9-18(15-28)20(23)30;/h5,7-8,11,18H,6,9-10,12-15H2,1-4H3,(H2,23,30)(H,27,29)(H2,24,25,26);1H. The van der Waals surface area contributed by atoms with Crippen molar-refractivity contribution in [2.24, 2.45) is 16.6 Å². The molecule has 1 aliphatic heterocycles. The monoisotopic (exact) mass is 544 g/mol. The van der Waals surface area contributed by atoms with Crippen LogP contribution < -0.4 is 21.7 Å². The number of carbonyl (C=O) groups is 2. The summed E-state index contributed by atoms with van der Waals surface area (Å²) < 4.78 is 0. The third kappa shape index (κ3) is 10.3. The molecule has 1 aliphatic rings. The zero-order valence-corrected chi connectivity index (χ0v) is 21.4. The second-order valence-electron chi connectivity index (χ2n) is 8.87. The highest BCUT2D eigenvalue weighted by Crippen LogP contribution is 2.18. The molecule has 0 aromatic heterocycles. The van der Waals surface area contributed by atoms with Crippen LogP contribution in [0.15, 0.2) is 29.3 Å². The Kier molecular flexibility index (Phi) is 11.3. The molecule has 1 heterocycles. The van der Waals surface area contributed by atoms with Gasteiger partial charge in [-0.1, -0.05) is 24.3 Å². The van der Waals surface area contributed by atoms with Gasteiger partial charge in [0.2, 0.25) is 11.8 Å². The number of likely N-dealkylation sites (tertiary alicyclic amines) is 1. The van der Waals surface area contributed by atoms with E-state index < -0.39 is 0 Å². The van der Waals surface area contributed by atoms with Crippen molar-refractivity contribution in [2.75, 3.05) is 26.7 Å². The Balaban J connectivity index is 0.00000480. The Morgan fingerprint density at radius 3 is 2.58 bits per heavy atom. The Bertz CT molecular complexity index is 763. The number of halogens is 1. The van der Waals surface area contributed by atoms with E-state index in [0.29, 0.717) is 12.5 Å². The fraction of sp³-hybridized carbons (Fsp3) is 0.591. The number of nitrogens with one attached hydrogen (secondary N) is 3. The average Bonchev–Trinajstić information content (AvgIpc) is 2.67. The van der Waals surface area contributed by atoms with Gasteiger partial charge in [-0.05, 0) is 51.3 Å². The first-order valence-corrected chi connectivity index (χ1v) is 10.5. The molecule has 9 heteroatoms. The first-order chi connectivity index (χ1) is 14.2. The van der Waals surface area contributed by atoms with Crippen molar-refractivity contribution in [1.29, 1.82) is 0 Å². The topological polar surface area (TPSA) is 112 Å². The quantitative estimate of drug-likeness (QED) is 0.237. The highest BCUT2D eigenvalue weighted by molar-refractivity contribution is 14.0. The zero-order chi connectivity index (χ0) is 22.1. The maximum Gasteiger partial charge on any atom is 0.239 e. The van der Waals surface area contributed by atoms with Crippen molar-refractivity contribution in [3.8, 4) is 0 Å². The lowest BCUT2D eigenvalue weighted by Gasteiger charge is -2.31. The molecule has 1 fully saturated rings. The van der Waals surface area contributed by atoms with Crippen LogP contribution in [0.25, 0.3) is 0 Å². The highest BCUT2D eigenvalue weighted by Gasteiger charge is 2.23. The predicted molar refractivity (Wildman–Crippen MR) is 135 cm³/mol. The van der Waals surface area contributed by atoms with Gasteiger partial charge in [0.1, 0.15) is 0 Å². The van der Waals surface area contributed by atoms with Gasteiger partial charge in [-0.2, -0.15) is 0 Å². The lowest BCUT2D eigenvalue weighted by Crippen LogP contribution is -2.48. The molecule has 0 saturated carbocycles. The summed E-state index contributed by atoms with van der Waals surface area (Å²) in [5, 5.41) is 9.18. The van der Waals surface area contributed by atoms with Crippen LogP contribution in [-0.4, -0.2) is 54.9 Å². The van der Waals surface area contributed by atoms with Crippen LogP contribution in [0.1, 0.15) is 44.7 Å². The van der Waals surface area contributed by atoms with Crippen LogP contribution >= 0.6 is 24.0 Å². The second-order valence-corrected chi connectivity index (χ2v) is 8.87.